The predicted molar refractivity (Wildman–Crippen MR) is 84.9 cm³/mol. The summed E-state index contributed by atoms with van der Waals surface area (Å²) in [6.45, 7) is 1.29. The molecule has 8 heteroatoms. The van der Waals surface area contributed by atoms with E-state index >= 15 is 0 Å². The molecule has 1 saturated carbocycles. The molecule has 7 nitrogen and oxygen atoms in total. The molecule has 1 saturated heterocycles. The van der Waals surface area contributed by atoms with Crippen LogP contribution < -0.4 is 0 Å². The van der Waals surface area contributed by atoms with E-state index in [1.807, 2.05) is 12.1 Å². The number of fused-ring (bicyclic) bond motifs is 1. The summed E-state index contributed by atoms with van der Waals surface area (Å²) in [5.41, 5.74) is 1.05. The average molecular weight is 341 g/mol. The van der Waals surface area contributed by atoms with Crippen molar-refractivity contribution in [2.75, 3.05) is 27.2 Å². The highest BCUT2D eigenvalue weighted by Gasteiger charge is 2.47. The van der Waals surface area contributed by atoms with Gasteiger partial charge in [-0.2, -0.15) is 17.0 Å². The van der Waals surface area contributed by atoms with Crippen molar-refractivity contribution in [2.45, 2.75) is 37.7 Å². The maximum atomic E-state index is 12.5. The third-order valence-electron chi connectivity index (χ3n) is 4.46. The van der Waals surface area contributed by atoms with E-state index in [2.05, 4.69) is 4.98 Å². The van der Waals surface area contributed by atoms with Gasteiger partial charge in [-0.05, 0) is 30.5 Å². The molecule has 1 aliphatic carbocycles. The molecular weight excluding hydrogens is 318 g/mol. The van der Waals surface area contributed by atoms with Crippen molar-refractivity contribution in [1.82, 2.24) is 13.6 Å². The molecule has 0 aromatic carbocycles. The highest BCUT2D eigenvalue weighted by atomic mass is 32.2. The average Bonchev–Trinajstić information content (AvgIpc) is 2.96. The predicted octanol–water partition coefficient (Wildman–Crippen LogP) is 0.636. The molecule has 128 valence electrons. The lowest BCUT2D eigenvalue weighted by Crippen LogP contribution is -2.56. The van der Waals surface area contributed by atoms with E-state index < -0.39 is 10.2 Å². The normalized spacial score (nSPS) is 28.9. The maximum Gasteiger partial charge on any atom is 0.281 e. The van der Waals surface area contributed by atoms with Crippen LogP contribution in [0.4, 0.5) is 0 Å². The summed E-state index contributed by atoms with van der Waals surface area (Å²) in [5, 5.41) is 0. The molecule has 23 heavy (non-hydrogen) atoms. The third kappa shape index (κ3) is 3.41. The van der Waals surface area contributed by atoms with Gasteiger partial charge in [-0.1, -0.05) is 0 Å². The summed E-state index contributed by atoms with van der Waals surface area (Å²) >= 11 is 0. The number of rotatable bonds is 5. The fraction of sp³-hybridized carbons (Fsp3) is 0.667. The summed E-state index contributed by atoms with van der Waals surface area (Å²) in [5.74, 6) is 0. The molecule has 2 aliphatic rings. The van der Waals surface area contributed by atoms with Gasteiger partial charge in [-0.25, -0.2) is 0 Å². The van der Waals surface area contributed by atoms with E-state index in [-0.39, 0.29) is 18.2 Å². The second-order valence-electron chi connectivity index (χ2n) is 6.09. The van der Waals surface area contributed by atoms with Gasteiger partial charge in [0.15, 0.2) is 0 Å². The Morgan fingerprint density at radius 1 is 1.35 bits per heavy atom. The second kappa shape index (κ2) is 6.82. The summed E-state index contributed by atoms with van der Waals surface area (Å²) in [4.78, 5) is 3.99. The molecule has 1 aromatic rings. The van der Waals surface area contributed by atoms with E-state index in [1.54, 1.807) is 30.8 Å². The number of pyridine rings is 1. The molecule has 1 aliphatic heterocycles. The molecule has 2 heterocycles. The lowest BCUT2D eigenvalue weighted by atomic mass is 10.1. The Balaban J connectivity index is 1.67. The monoisotopic (exact) mass is 341 g/mol. The van der Waals surface area contributed by atoms with Crippen LogP contribution in [0.3, 0.4) is 0 Å². The first-order chi connectivity index (χ1) is 11.0. The van der Waals surface area contributed by atoms with Crippen molar-refractivity contribution in [2.24, 2.45) is 0 Å². The Morgan fingerprint density at radius 3 is 2.78 bits per heavy atom. The van der Waals surface area contributed by atoms with E-state index in [4.69, 9.17) is 9.47 Å². The zero-order valence-electron chi connectivity index (χ0n) is 13.5. The van der Waals surface area contributed by atoms with Crippen LogP contribution in [0, 0.1) is 0 Å². The quantitative estimate of drug-likeness (QED) is 0.786. The SMILES string of the molecule is CN(C)S(=O)(=O)N1CCO[C@H]2[C@@H](OCc3ccncc3)CC[C@@H]21. The molecule has 3 rings (SSSR count). The minimum absolute atomic E-state index is 0.0756. The molecular formula is C15H23N3O4S. The molecule has 3 atom stereocenters. The molecule has 0 radical (unpaired) electrons. The van der Waals surface area contributed by atoms with Crippen molar-refractivity contribution >= 4 is 10.2 Å². The first-order valence-corrected chi connectivity index (χ1v) is 9.21. The fourth-order valence-corrected chi connectivity index (χ4v) is 4.53. The van der Waals surface area contributed by atoms with Gasteiger partial charge in [0.05, 0.1) is 25.4 Å². The highest BCUT2D eigenvalue weighted by Crippen LogP contribution is 2.34. The molecule has 0 spiro atoms. The zero-order chi connectivity index (χ0) is 16.4. The molecule has 0 N–H and O–H groups in total. The second-order valence-corrected chi connectivity index (χ2v) is 8.18. The van der Waals surface area contributed by atoms with Gasteiger partial charge >= 0.3 is 0 Å². The first-order valence-electron chi connectivity index (χ1n) is 7.81. The van der Waals surface area contributed by atoms with E-state index in [9.17, 15) is 8.42 Å². The van der Waals surface area contributed by atoms with Crippen LogP contribution in [-0.4, -0.2) is 67.5 Å². The van der Waals surface area contributed by atoms with Crippen LogP contribution in [0.25, 0.3) is 0 Å². The standard InChI is InChI=1S/C15H23N3O4S/c1-17(2)23(19,20)18-9-10-21-15-13(18)3-4-14(15)22-11-12-5-7-16-8-6-12/h5-8,13-15H,3-4,9-11H2,1-2H3/t13-,14-,15+/m0/s1. The lowest BCUT2D eigenvalue weighted by Gasteiger charge is -2.39. The molecule has 1 aromatic heterocycles. The molecule has 0 unspecified atom stereocenters. The minimum Gasteiger partial charge on any atom is -0.372 e. The maximum absolute atomic E-state index is 12.5. The van der Waals surface area contributed by atoms with E-state index in [0.717, 1.165) is 18.4 Å². The summed E-state index contributed by atoms with van der Waals surface area (Å²) in [6.07, 6.45) is 4.77. The van der Waals surface area contributed by atoms with Gasteiger partial charge < -0.3 is 9.47 Å². The Bertz CT molecular complexity index is 623. The van der Waals surface area contributed by atoms with Crippen molar-refractivity contribution in [3.8, 4) is 0 Å². The van der Waals surface area contributed by atoms with Gasteiger partial charge in [0.2, 0.25) is 0 Å². The number of morpholine rings is 1. The Labute approximate surface area is 137 Å². The van der Waals surface area contributed by atoms with Crippen molar-refractivity contribution < 1.29 is 17.9 Å². The highest BCUT2D eigenvalue weighted by molar-refractivity contribution is 7.86. The van der Waals surface area contributed by atoms with Crippen LogP contribution in [0.5, 0.6) is 0 Å². The number of nitrogens with zero attached hydrogens (tertiary/aromatic N) is 3. The van der Waals surface area contributed by atoms with Crippen molar-refractivity contribution in [1.29, 1.82) is 0 Å². The van der Waals surface area contributed by atoms with E-state index in [0.29, 0.717) is 19.8 Å². The van der Waals surface area contributed by atoms with E-state index in [1.165, 1.54) is 4.31 Å². The summed E-state index contributed by atoms with van der Waals surface area (Å²) in [6, 6.07) is 3.69. The third-order valence-corrected chi connectivity index (χ3v) is 6.42. The van der Waals surface area contributed by atoms with Crippen LogP contribution in [0.15, 0.2) is 24.5 Å². The molecule has 2 fully saturated rings. The number of hydrogen-bond donors (Lipinski definition) is 0. The number of hydrogen-bond acceptors (Lipinski definition) is 5. The largest absolute Gasteiger partial charge is 0.372 e. The van der Waals surface area contributed by atoms with Crippen LogP contribution in [0.1, 0.15) is 18.4 Å². The minimum atomic E-state index is -3.42. The van der Waals surface area contributed by atoms with Crippen LogP contribution in [-0.2, 0) is 26.3 Å². The summed E-state index contributed by atoms with van der Waals surface area (Å²) < 4.78 is 39.6. The Hall–Kier alpha value is -1.06. The number of ether oxygens (including phenoxy) is 2. The van der Waals surface area contributed by atoms with Gasteiger partial charge in [-0.15, -0.1) is 0 Å². The fourth-order valence-electron chi connectivity index (χ4n) is 3.24. The molecule has 0 amide bonds. The number of aromatic nitrogens is 1. The van der Waals surface area contributed by atoms with Crippen LogP contribution >= 0.6 is 0 Å². The Morgan fingerprint density at radius 2 is 2.09 bits per heavy atom. The molecule has 0 bridgehead atoms. The van der Waals surface area contributed by atoms with Gasteiger partial charge in [0, 0.05) is 33.0 Å². The van der Waals surface area contributed by atoms with Gasteiger partial charge in [0.25, 0.3) is 10.2 Å². The Kier molecular flexibility index (Phi) is 4.98. The van der Waals surface area contributed by atoms with Gasteiger partial charge in [-0.3, -0.25) is 4.98 Å². The summed E-state index contributed by atoms with van der Waals surface area (Å²) in [7, 11) is -0.298. The topological polar surface area (TPSA) is 72.0 Å². The van der Waals surface area contributed by atoms with Gasteiger partial charge in [0.1, 0.15) is 6.10 Å². The zero-order valence-corrected chi connectivity index (χ0v) is 14.3. The lowest BCUT2D eigenvalue weighted by molar-refractivity contribution is -0.101. The van der Waals surface area contributed by atoms with Crippen molar-refractivity contribution in [3.05, 3.63) is 30.1 Å². The smallest absolute Gasteiger partial charge is 0.281 e. The van der Waals surface area contributed by atoms with Crippen molar-refractivity contribution in [3.63, 3.8) is 0 Å². The first kappa shape index (κ1) is 16.8. The van der Waals surface area contributed by atoms with Crippen LogP contribution in [0.2, 0.25) is 0 Å².